The summed E-state index contributed by atoms with van der Waals surface area (Å²) in [6.45, 7) is 6.34. The number of benzene rings is 1. The number of aryl methyl sites for hydroxylation is 1. The average molecular weight is 250 g/mol. The molecule has 1 amide bonds. The van der Waals surface area contributed by atoms with Crippen molar-refractivity contribution in [3.8, 4) is 5.75 Å². The van der Waals surface area contributed by atoms with Crippen molar-refractivity contribution in [1.82, 2.24) is 10.6 Å². The molecule has 2 atom stereocenters. The Morgan fingerprint density at radius 3 is 2.72 bits per heavy atom. The normalized spacial score (nSPS) is 13.8. The topological polar surface area (TPSA) is 50.4 Å². The standard InChI is InChI=1S/C14H22N2O2/c1-10-6-5-7-13(8-10)18-12(3)14(17)16-9-11(2)15-4/h5-8,11-12,15H,9H2,1-4H3,(H,16,17). The minimum absolute atomic E-state index is 0.0985. The van der Waals surface area contributed by atoms with Gasteiger partial charge < -0.3 is 15.4 Å². The molecule has 0 aliphatic rings. The van der Waals surface area contributed by atoms with Crippen LogP contribution in [0.5, 0.6) is 5.75 Å². The Morgan fingerprint density at radius 1 is 1.39 bits per heavy atom. The van der Waals surface area contributed by atoms with Gasteiger partial charge in [0.15, 0.2) is 6.10 Å². The number of rotatable bonds is 6. The Bertz CT molecular complexity index is 393. The van der Waals surface area contributed by atoms with Crippen molar-refractivity contribution in [2.75, 3.05) is 13.6 Å². The molecule has 1 rings (SSSR count). The van der Waals surface area contributed by atoms with E-state index in [2.05, 4.69) is 10.6 Å². The van der Waals surface area contributed by atoms with Gasteiger partial charge in [0.25, 0.3) is 5.91 Å². The van der Waals surface area contributed by atoms with E-state index in [1.165, 1.54) is 0 Å². The molecule has 1 aromatic rings. The Labute approximate surface area is 109 Å². The van der Waals surface area contributed by atoms with Crippen molar-refractivity contribution in [1.29, 1.82) is 0 Å². The molecular weight excluding hydrogens is 228 g/mol. The summed E-state index contributed by atoms with van der Waals surface area (Å²) in [4.78, 5) is 11.8. The molecule has 0 saturated carbocycles. The highest BCUT2D eigenvalue weighted by Crippen LogP contribution is 2.14. The fourth-order valence-corrected chi connectivity index (χ4v) is 1.45. The van der Waals surface area contributed by atoms with Gasteiger partial charge >= 0.3 is 0 Å². The first-order valence-electron chi connectivity index (χ1n) is 6.21. The highest BCUT2D eigenvalue weighted by molar-refractivity contribution is 5.80. The van der Waals surface area contributed by atoms with Gasteiger partial charge in [0.2, 0.25) is 0 Å². The monoisotopic (exact) mass is 250 g/mol. The second-order valence-electron chi connectivity index (χ2n) is 4.51. The maximum absolute atomic E-state index is 11.8. The smallest absolute Gasteiger partial charge is 0.260 e. The SMILES string of the molecule is CNC(C)CNC(=O)C(C)Oc1cccc(C)c1. The quantitative estimate of drug-likeness (QED) is 0.804. The molecule has 2 N–H and O–H groups in total. The van der Waals surface area contributed by atoms with Crippen LogP contribution in [0.25, 0.3) is 0 Å². The second kappa shape index (κ2) is 7.01. The van der Waals surface area contributed by atoms with E-state index in [-0.39, 0.29) is 11.9 Å². The molecule has 0 aromatic heterocycles. The predicted octanol–water partition coefficient (Wildman–Crippen LogP) is 1.49. The average Bonchev–Trinajstić information content (AvgIpc) is 2.35. The van der Waals surface area contributed by atoms with Gasteiger partial charge in [-0.1, -0.05) is 12.1 Å². The van der Waals surface area contributed by atoms with E-state index in [1.54, 1.807) is 6.92 Å². The van der Waals surface area contributed by atoms with Crippen molar-refractivity contribution in [2.45, 2.75) is 32.9 Å². The van der Waals surface area contributed by atoms with Crippen LogP contribution in [0.2, 0.25) is 0 Å². The largest absolute Gasteiger partial charge is 0.481 e. The summed E-state index contributed by atoms with van der Waals surface area (Å²) in [6, 6.07) is 7.93. The molecule has 0 saturated heterocycles. The van der Waals surface area contributed by atoms with Crippen LogP contribution in [0.15, 0.2) is 24.3 Å². The number of hydrogen-bond acceptors (Lipinski definition) is 3. The maximum atomic E-state index is 11.8. The summed E-state index contributed by atoms with van der Waals surface area (Å²) in [5, 5.41) is 5.90. The van der Waals surface area contributed by atoms with Crippen LogP contribution >= 0.6 is 0 Å². The van der Waals surface area contributed by atoms with Gasteiger partial charge in [0, 0.05) is 12.6 Å². The lowest BCUT2D eigenvalue weighted by atomic mass is 10.2. The van der Waals surface area contributed by atoms with E-state index in [0.717, 1.165) is 11.3 Å². The van der Waals surface area contributed by atoms with Gasteiger partial charge in [-0.05, 0) is 45.5 Å². The lowest BCUT2D eigenvalue weighted by Gasteiger charge is -2.17. The lowest BCUT2D eigenvalue weighted by molar-refractivity contribution is -0.127. The van der Waals surface area contributed by atoms with Gasteiger partial charge in [-0.25, -0.2) is 0 Å². The molecule has 100 valence electrons. The summed E-state index contributed by atoms with van der Waals surface area (Å²) in [5.74, 6) is 0.623. The number of nitrogens with one attached hydrogen (secondary N) is 2. The third-order valence-corrected chi connectivity index (χ3v) is 2.75. The van der Waals surface area contributed by atoms with Crippen molar-refractivity contribution in [3.05, 3.63) is 29.8 Å². The van der Waals surface area contributed by atoms with Gasteiger partial charge in [0.05, 0.1) is 0 Å². The Balaban J connectivity index is 2.45. The summed E-state index contributed by atoms with van der Waals surface area (Å²) < 4.78 is 5.59. The number of amides is 1. The first kappa shape index (κ1) is 14.5. The van der Waals surface area contributed by atoms with E-state index in [4.69, 9.17) is 4.74 Å². The highest BCUT2D eigenvalue weighted by Gasteiger charge is 2.14. The minimum atomic E-state index is -0.490. The third kappa shape index (κ3) is 4.75. The summed E-state index contributed by atoms with van der Waals surface area (Å²) in [7, 11) is 1.86. The zero-order valence-electron chi connectivity index (χ0n) is 11.5. The van der Waals surface area contributed by atoms with Crippen LogP contribution in [0.4, 0.5) is 0 Å². The summed E-state index contributed by atoms with van der Waals surface area (Å²) >= 11 is 0. The highest BCUT2D eigenvalue weighted by atomic mass is 16.5. The molecule has 0 bridgehead atoms. The molecule has 0 spiro atoms. The number of likely N-dealkylation sites (N-methyl/N-ethyl adjacent to an activating group) is 1. The van der Waals surface area contributed by atoms with Crippen LogP contribution in [-0.2, 0) is 4.79 Å². The summed E-state index contributed by atoms with van der Waals surface area (Å²) in [5.41, 5.74) is 1.11. The van der Waals surface area contributed by atoms with Gasteiger partial charge in [-0.15, -0.1) is 0 Å². The first-order chi connectivity index (χ1) is 8.52. The van der Waals surface area contributed by atoms with Gasteiger partial charge in [-0.2, -0.15) is 0 Å². The zero-order chi connectivity index (χ0) is 13.5. The molecule has 4 heteroatoms. The second-order valence-corrected chi connectivity index (χ2v) is 4.51. The molecule has 0 fully saturated rings. The molecule has 0 radical (unpaired) electrons. The maximum Gasteiger partial charge on any atom is 0.260 e. The fourth-order valence-electron chi connectivity index (χ4n) is 1.45. The number of carbonyl (C=O) groups is 1. The Morgan fingerprint density at radius 2 is 2.11 bits per heavy atom. The third-order valence-electron chi connectivity index (χ3n) is 2.75. The lowest BCUT2D eigenvalue weighted by Crippen LogP contribution is -2.42. The van der Waals surface area contributed by atoms with Crippen LogP contribution in [0.1, 0.15) is 19.4 Å². The predicted molar refractivity (Wildman–Crippen MR) is 72.8 cm³/mol. The fraction of sp³-hybridized carbons (Fsp3) is 0.500. The van der Waals surface area contributed by atoms with E-state index >= 15 is 0 Å². The van der Waals surface area contributed by atoms with E-state index in [1.807, 2.05) is 45.2 Å². The van der Waals surface area contributed by atoms with Crippen LogP contribution < -0.4 is 15.4 Å². The van der Waals surface area contributed by atoms with Crippen molar-refractivity contribution >= 4 is 5.91 Å². The molecule has 0 heterocycles. The summed E-state index contributed by atoms with van der Waals surface area (Å²) in [6.07, 6.45) is -0.490. The van der Waals surface area contributed by atoms with E-state index < -0.39 is 6.10 Å². The van der Waals surface area contributed by atoms with E-state index in [0.29, 0.717) is 6.54 Å². The number of ether oxygens (including phenoxy) is 1. The molecule has 1 aromatic carbocycles. The molecular formula is C14H22N2O2. The molecule has 4 nitrogen and oxygen atoms in total. The van der Waals surface area contributed by atoms with Crippen molar-refractivity contribution < 1.29 is 9.53 Å². The van der Waals surface area contributed by atoms with Gasteiger partial charge in [-0.3, -0.25) is 4.79 Å². The zero-order valence-corrected chi connectivity index (χ0v) is 11.5. The molecule has 0 aliphatic carbocycles. The minimum Gasteiger partial charge on any atom is -0.481 e. The van der Waals surface area contributed by atoms with Gasteiger partial charge in [0.1, 0.15) is 5.75 Å². The van der Waals surface area contributed by atoms with Crippen LogP contribution in [-0.4, -0.2) is 31.6 Å². The Kier molecular flexibility index (Phi) is 5.65. The van der Waals surface area contributed by atoms with E-state index in [9.17, 15) is 4.79 Å². The molecule has 18 heavy (non-hydrogen) atoms. The number of carbonyl (C=O) groups excluding carboxylic acids is 1. The molecule has 0 aliphatic heterocycles. The molecule has 2 unspecified atom stereocenters. The van der Waals surface area contributed by atoms with Crippen LogP contribution in [0, 0.1) is 6.92 Å². The number of hydrogen-bond donors (Lipinski definition) is 2. The van der Waals surface area contributed by atoms with Crippen molar-refractivity contribution in [3.63, 3.8) is 0 Å². The Hall–Kier alpha value is -1.55. The first-order valence-corrected chi connectivity index (χ1v) is 6.21. The van der Waals surface area contributed by atoms with Crippen molar-refractivity contribution in [2.24, 2.45) is 0 Å². The van der Waals surface area contributed by atoms with Crippen LogP contribution in [0.3, 0.4) is 0 Å².